The number of hydrogen-bond donors (Lipinski definition) is 4. The first-order chi connectivity index (χ1) is 20.6. The number of carbonyl (C=O) groups excluding carboxylic acids is 2. The van der Waals surface area contributed by atoms with E-state index in [1.165, 1.54) is 58.4 Å². The molecule has 1 aliphatic carbocycles. The van der Waals surface area contributed by atoms with Gasteiger partial charge in [0.25, 0.3) is 0 Å². The third kappa shape index (κ3) is 9.14. The number of rotatable bonds is 17. The van der Waals surface area contributed by atoms with Gasteiger partial charge in [0.05, 0.1) is 0 Å². The fraction of sp³-hybridized carbons (Fsp3) is 0.500. The highest BCUT2D eigenvalue weighted by atomic mass is 16.2. The zero-order chi connectivity index (χ0) is 29.6. The molecule has 4 N–H and O–H groups in total. The molecule has 0 radical (unpaired) electrons. The highest BCUT2D eigenvalue weighted by Gasteiger charge is 2.20. The van der Waals surface area contributed by atoms with Gasteiger partial charge >= 0.3 is 0 Å². The summed E-state index contributed by atoms with van der Waals surface area (Å²) in [5.74, 6) is 0.459. The van der Waals surface area contributed by atoms with Crippen molar-refractivity contribution in [1.82, 2.24) is 21.3 Å². The van der Waals surface area contributed by atoms with Crippen LogP contribution in [0.3, 0.4) is 0 Å². The molecule has 6 heteroatoms. The maximum Gasteiger partial charge on any atom is 0.246 e. The van der Waals surface area contributed by atoms with Gasteiger partial charge in [0, 0.05) is 37.7 Å². The summed E-state index contributed by atoms with van der Waals surface area (Å²) in [6.45, 7) is 10.3. The van der Waals surface area contributed by atoms with Gasteiger partial charge in [-0.3, -0.25) is 9.59 Å². The van der Waals surface area contributed by atoms with Crippen LogP contribution < -0.4 is 21.3 Å². The molecule has 0 spiro atoms. The summed E-state index contributed by atoms with van der Waals surface area (Å²) in [7, 11) is 0. The Labute approximate surface area is 252 Å². The average molecular weight is 571 g/mol. The largest absolute Gasteiger partial charge is 0.356 e. The average Bonchev–Trinajstić information content (AvgIpc) is 3.02. The highest BCUT2D eigenvalue weighted by molar-refractivity contribution is 6.05. The molecule has 1 aliphatic rings. The molecule has 3 aromatic carbocycles. The molecule has 0 unspecified atom stereocenters. The molecule has 0 aliphatic heterocycles. The summed E-state index contributed by atoms with van der Waals surface area (Å²) in [4.78, 5) is 24.0. The van der Waals surface area contributed by atoms with E-state index < -0.39 is 0 Å². The standard InChI is InChI=1S/C36H50N4O2/c1-27(2)35(41)39-24-14-22-38-26-34-31-19-10-8-17-29(31)33(30-18-9-11-20-32(30)34)25-37-21-12-3-4-13-23-40-36(42)28-15-6-5-7-16-28/h8-11,17-20,28,37-38H,1,3-7,12-16,21-26H2,2H3,(H,39,41)(H,40,42). The first-order valence-electron chi connectivity index (χ1n) is 16.1. The van der Waals surface area contributed by atoms with E-state index in [1.807, 2.05) is 0 Å². The van der Waals surface area contributed by atoms with Crippen molar-refractivity contribution in [3.8, 4) is 0 Å². The van der Waals surface area contributed by atoms with Crippen LogP contribution in [0.15, 0.2) is 60.7 Å². The van der Waals surface area contributed by atoms with Crippen LogP contribution in [-0.4, -0.2) is 38.0 Å². The lowest BCUT2D eigenvalue weighted by molar-refractivity contribution is -0.126. The van der Waals surface area contributed by atoms with E-state index in [0.717, 1.165) is 71.2 Å². The molecule has 6 nitrogen and oxygen atoms in total. The van der Waals surface area contributed by atoms with Gasteiger partial charge in [0.15, 0.2) is 0 Å². The number of fused-ring (bicyclic) bond motifs is 2. The number of nitrogens with one attached hydrogen (secondary N) is 4. The van der Waals surface area contributed by atoms with Gasteiger partial charge in [-0.25, -0.2) is 0 Å². The molecule has 1 saturated carbocycles. The molecule has 2 amide bonds. The van der Waals surface area contributed by atoms with E-state index in [4.69, 9.17) is 0 Å². The van der Waals surface area contributed by atoms with Gasteiger partial charge in [-0.15, -0.1) is 0 Å². The molecule has 226 valence electrons. The summed E-state index contributed by atoms with van der Waals surface area (Å²) in [5, 5.41) is 18.6. The lowest BCUT2D eigenvalue weighted by Gasteiger charge is -2.20. The van der Waals surface area contributed by atoms with Crippen molar-refractivity contribution >= 4 is 33.4 Å². The van der Waals surface area contributed by atoms with Gasteiger partial charge < -0.3 is 21.3 Å². The summed E-state index contributed by atoms with van der Waals surface area (Å²) in [6, 6.07) is 17.5. The smallest absolute Gasteiger partial charge is 0.246 e. The number of unbranched alkanes of at least 4 members (excludes halogenated alkanes) is 3. The molecule has 4 rings (SSSR count). The topological polar surface area (TPSA) is 82.3 Å². The quantitative estimate of drug-likeness (QED) is 0.0847. The summed E-state index contributed by atoms with van der Waals surface area (Å²) in [6.07, 6.45) is 11.2. The van der Waals surface area contributed by atoms with Gasteiger partial charge in [0.1, 0.15) is 0 Å². The van der Waals surface area contributed by atoms with Crippen LogP contribution in [0.5, 0.6) is 0 Å². The second-order valence-electron chi connectivity index (χ2n) is 11.8. The Morgan fingerprint density at radius 1 is 0.667 bits per heavy atom. The minimum atomic E-state index is -0.0776. The van der Waals surface area contributed by atoms with Crippen molar-refractivity contribution < 1.29 is 9.59 Å². The molecule has 42 heavy (non-hydrogen) atoms. The summed E-state index contributed by atoms with van der Waals surface area (Å²) < 4.78 is 0. The van der Waals surface area contributed by atoms with Crippen LogP contribution in [0.2, 0.25) is 0 Å². The van der Waals surface area contributed by atoms with Crippen LogP contribution >= 0.6 is 0 Å². The van der Waals surface area contributed by atoms with E-state index in [0.29, 0.717) is 12.1 Å². The highest BCUT2D eigenvalue weighted by Crippen LogP contribution is 2.33. The minimum absolute atomic E-state index is 0.0776. The third-order valence-electron chi connectivity index (χ3n) is 8.52. The number of carbonyl (C=O) groups is 2. The van der Waals surface area contributed by atoms with Crippen molar-refractivity contribution in [1.29, 1.82) is 0 Å². The van der Waals surface area contributed by atoms with Crippen LogP contribution in [0.25, 0.3) is 21.5 Å². The Morgan fingerprint density at radius 2 is 1.14 bits per heavy atom. The molecule has 0 atom stereocenters. The third-order valence-corrected chi connectivity index (χ3v) is 8.52. The van der Waals surface area contributed by atoms with E-state index in [1.54, 1.807) is 6.92 Å². The Kier molecular flexibility index (Phi) is 12.9. The lowest BCUT2D eigenvalue weighted by Crippen LogP contribution is -2.32. The molecule has 0 aromatic heterocycles. The predicted molar refractivity (Wildman–Crippen MR) is 175 cm³/mol. The van der Waals surface area contributed by atoms with Crippen molar-refractivity contribution in [2.24, 2.45) is 5.92 Å². The van der Waals surface area contributed by atoms with Crippen LogP contribution in [0.1, 0.15) is 82.3 Å². The SMILES string of the molecule is C=C(C)C(=O)NCCCNCc1c2ccccc2c(CNCCCCCCNC(=O)C2CCCCC2)c2ccccc12. The van der Waals surface area contributed by atoms with Gasteiger partial charge in [-0.1, -0.05) is 87.2 Å². The summed E-state index contributed by atoms with van der Waals surface area (Å²) >= 11 is 0. The fourth-order valence-electron chi connectivity index (χ4n) is 6.13. The fourth-order valence-corrected chi connectivity index (χ4v) is 6.13. The second-order valence-corrected chi connectivity index (χ2v) is 11.8. The zero-order valence-electron chi connectivity index (χ0n) is 25.5. The minimum Gasteiger partial charge on any atom is -0.356 e. The van der Waals surface area contributed by atoms with Crippen LogP contribution in [0.4, 0.5) is 0 Å². The maximum atomic E-state index is 12.3. The Balaban J connectivity index is 1.25. The van der Waals surface area contributed by atoms with E-state index in [9.17, 15) is 9.59 Å². The van der Waals surface area contributed by atoms with Crippen molar-refractivity contribution in [2.75, 3.05) is 26.2 Å². The molecule has 0 saturated heterocycles. The Bertz CT molecular complexity index is 1270. The van der Waals surface area contributed by atoms with Gasteiger partial charge in [-0.2, -0.15) is 0 Å². The van der Waals surface area contributed by atoms with Crippen molar-refractivity contribution in [2.45, 2.75) is 84.2 Å². The van der Waals surface area contributed by atoms with Gasteiger partial charge in [-0.05, 0) is 84.8 Å². The first kappa shape index (κ1) is 31.7. The number of hydrogen-bond acceptors (Lipinski definition) is 4. The second kappa shape index (κ2) is 17.0. The van der Waals surface area contributed by atoms with E-state index in [-0.39, 0.29) is 17.7 Å². The molecular weight excluding hydrogens is 520 g/mol. The number of amides is 2. The Hall–Kier alpha value is -3.22. The van der Waals surface area contributed by atoms with E-state index in [2.05, 4.69) is 76.4 Å². The van der Waals surface area contributed by atoms with E-state index >= 15 is 0 Å². The molecule has 3 aromatic rings. The zero-order valence-corrected chi connectivity index (χ0v) is 25.5. The molecule has 0 heterocycles. The number of benzene rings is 3. The molecule has 0 bridgehead atoms. The molecular formula is C36H50N4O2. The van der Waals surface area contributed by atoms with Crippen LogP contribution in [0, 0.1) is 5.92 Å². The molecule has 1 fully saturated rings. The van der Waals surface area contributed by atoms with Crippen molar-refractivity contribution in [3.05, 3.63) is 71.8 Å². The maximum absolute atomic E-state index is 12.3. The van der Waals surface area contributed by atoms with Gasteiger partial charge in [0.2, 0.25) is 11.8 Å². The lowest BCUT2D eigenvalue weighted by atomic mass is 9.89. The van der Waals surface area contributed by atoms with Crippen LogP contribution in [-0.2, 0) is 22.7 Å². The monoisotopic (exact) mass is 570 g/mol. The first-order valence-corrected chi connectivity index (χ1v) is 16.1. The predicted octanol–water partition coefficient (Wildman–Crippen LogP) is 6.51. The normalized spacial score (nSPS) is 13.8. The van der Waals surface area contributed by atoms with Crippen molar-refractivity contribution in [3.63, 3.8) is 0 Å². The Morgan fingerprint density at radius 3 is 1.67 bits per heavy atom. The summed E-state index contributed by atoms with van der Waals surface area (Å²) in [5.41, 5.74) is 3.23.